The number of ether oxygens (including phenoxy) is 1. The third-order valence-electron chi connectivity index (χ3n) is 7.51. The second-order valence-corrected chi connectivity index (χ2v) is 9.74. The number of carbonyl (C=O) groups excluding carboxylic acids is 1. The number of urea groups is 1. The number of para-hydroxylation sites is 1. The van der Waals surface area contributed by atoms with Crippen LogP contribution in [0.3, 0.4) is 0 Å². The summed E-state index contributed by atoms with van der Waals surface area (Å²) in [7, 11) is 1.64. The number of anilines is 1. The average molecular weight is 514 g/mol. The Labute approximate surface area is 223 Å². The molecular weight excluding hydrogens is 481 g/mol. The van der Waals surface area contributed by atoms with Gasteiger partial charge >= 0.3 is 6.03 Å². The zero-order chi connectivity index (χ0) is 26.5. The van der Waals surface area contributed by atoms with Crippen molar-refractivity contribution < 1.29 is 19.0 Å². The monoisotopic (exact) mass is 513 g/mol. The smallest absolute Gasteiger partial charge is 0.321 e. The third-order valence-corrected chi connectivity index (χ3v) is 7.51. The van der Waals surface area contributed by atoms with E-state index in [2.05, 4.69) is 34.2 Å². The molecule has 0 unspecified atom stereocenters. The lowest BCUT2D eigenvalue weighted by Gasteiger charge is -2.57. The first-order valence-electron chi connectivity index (χ1n) is 13.0. The maximum Gasteiger partial charge on any atom is 0.321 e. The predicted molar refractivity (Wildman–Crippen MR) is 146 cm³/mol. The topological polar surface area (TPSA) is 65.0 Å². The van der Waals surface area contributed by atoms with Gasteiger partial charge in [0.1, 0.15) is 11.6 Å². The SMILES string of the molecule is COc1ccc(C#Cc2ccc([C@@H]3[C@H](CO)N4CCCCN(C(=O)Nc5ccccc5F)C[C@@H]34)cc2)cc1. The van der Waals surface area contributed by atoms with Gasteiger partial charge in [0.2, 0.25) is 0 Å². The minimum Gasteiger partial charge on any atom is -0.497 e. The lowest BCUT2D eigenvalue weighted by Crippen LogP contribution is -2.68. The highest BCUT2D eigenvalue weighted by molar-refractivity contribution is 5.89. The van der Waals surface area contributed by atoms with Gasteiger partial charge in [-0.1, -0.05) is 36.1 Å². The van der Waals surface area contributed by atoms with Crippen LogP contribution < -0.4 is 10.1 Å². The van der Waals surface area contributed by atoms with E-state index in [4.69, 9.17) is 4.74 Å². The molecule has 3 aromatic carbocycles. The van der Waals surface area contributed by atoms with E-state index in [1.165, 1.54) is 6.07 Å². The summed E-state index contributed by atoms with van der Waals surface area (Å²) in [5, 5.41) is 12.9. The minimum absolute atomic E-state index is 0.00538. The standard InChI is InChI=1S/C31H32FN3O3/c1-38-25-16-12-23(13-17-25)9-8-22-10-14-24(15-11-22)30-28-20-34(18-4-5-19-35(28)29(30)21-36)31(37)33-27-7-3-2-6-26(27)32/h2-3,6-7,10-17,28-30,36H,4-5,18-21H2,1H3,(H,33,37)/t28-,29-,30-/m0/s1. The van der Waals surface area contributed by atoms with Crippen LogP contribution in [0.15, 0.2) is 72.8 Å². The Hall–Kier alpha value is -3.86. The Morgan fingerprint density at radius 3 is 2.32 bits per heavy atom. The first kappa shape index (κ1) is 25.8. The van der Waals surface area contributed by atoms with Gasteiger partial charge in [-0.3, -0.25) is 4.90 Å². The number of benzene rings is 3. The molecule has 0 aliphatic carbocycles. The zero-order valence-electron chi connectivity index (χ0n) is 21.4. The van der Waals surface area contributed by atoms with E-state index in [0.29, 0.717) is 13.1 Å². The summed E-state index contributed by atoms with van der Waals surface area (Å²) in [5.74, 6) is 6.82. The minimum atomic E-state index is -0.452. The highest BCUT2D eigenvalue weighted by Crippen LogP contribution is 2.42. The largest absolute Gasteiger partial charge is 0.497 e. The number of hydrogen-bond acceptors (Lipinski definition) is 4. The normalized spacial score (nSPS) is 21.1. The molecule has 38 heavy (non-hydrogen) atoms. The Bertz CT molecular complexity index is 1320. The average Bonchev–Trinajstić information content (AvgIpc) is 2.93. The Balaban J connectivity index is 1.31. The molecule has 3 aromatic rings. The molecule has 2 saturated heterocycles. The van der Waals surface area contributed by atoms with Crippen molar-refractivity contribution in [2.45, 2.75) is 30.8 Å². The van der Waals surface area contributed by atoms with Crippen LogP contribution in [0.4, 0.5) is 14.9 Å². The zero-order valence-corrected chi connectivity index (χ0v) is 21.4. The van der Waals surface area contributed by atoms with E-state index in [1.807, 2.05) is 36.4 Å². The van der Waals surface area contributed by atoms with Crippen LogP contribution in [0.5, 0.6) is 5.75 Å². The summed E-state index contributed by atoms with van der Waals surface area (Å²) in [5.41, 5.74) is 3.12. The number of rotatable bonds is 4. The number of carbonyl (C=O) groups is 1. The van der Waals surface area contributed by atoms with E-state index in [0.717, 1.165) is 41.8 Å². The van der Waals surface area contributed by atoms with Crippen molar-refractivity contribution in [1.82, 2.24) is 9.80 Å². The highest BCUT2D eigenvalue weighted by Gasteiger charge is 2.49. The number of aliphatic hydroxyl groups is 1. The molecule has 2 aliphatic rings. The van der Waals surface area contributed by atoms with Crippen molar-refractivity contribution in [3.8, 4) is 17.6 Å². The van der Waals surface area contributed by atoms with Crippen LogP contribution in [0.1, 0.15) is 35.4 Å². The molecule has 7 heteroatoms. The fourth-order valence-electron chi connectivity index (χ4n) is 5.49. The lowest BCUT2D eigenvalue weighted by molar-refractivity contribution is -0.0585. The van der Waals surface area contributed by atoms with Gasteiger partial charge in [-0.05, 0) is 73.5 Å². The first-order chi connectivity index (χ1) is 18.6. The summed E-state index contributed by atoms with van der Waals surface area (Å²) in [4.78, 5) is 17.2. The van der Waals surface area contributed by atoms with Crippen LogP contribution in [0, 0.1) is 17.7 Å². The van der Waals surface area contributed by atoms with Gasteiger partial charge in [-0.15, -0.1) is 0 Å². The predicted octanol–water partition coefficient (Wildman–Crippen LogP) is 4.69. The molecule has 0 spiro atoms. The number of halogens is 1. The molecule has 0 saturated carbocycles. The van der Waals surface area contributed by atoms with Crippen LogP contribution in [0.2, 0.25) is 0 Å². The van der Waals surface area contributed by atoms with Crippen LogP contribution in [-0.4, -0.2) is 66.4 Å². The Kier molecular flexibility index (Phi) is 7.92. The molecule has 2 fully saturated rings. The van der Waals surface area contributed by atoms with Crippen LogP contribution in [-0.2, 0) is 0 Å². The number of amides is 2. The molecule has 5 rings (SSSR count). The van der Waals surface area contributed by atoms with Crippen molar-refractivity contribution in [3.05, 3.63) is 95.3 Å². The van der Waals surface area contributed by atoms with Gasteiger partial charge in [-0.2, -0.15) is 0 Å². The Morgan fingerprint density at radius 1 is 1.00 bits per heavy atom. The molecule has 2 heterocycles. The first-order valence-corrected chi connectivity index (χ1v) is 13.0. The summed E-state index contributed by atoms with van der Waals surface area (Å²) in [6.07, 6.45) is 1.79. The number of nitrogens with one attached hydrogen (secondary N) is 1. The van der Waals surface area contributed by atoms with E-state index in [9.17, 15) is 14.3 Å². The fourth-order valence-corrected chi connectivity index (χ4v) is 5.49. The molecule has 196 valence electrons. The molecular formula is C31H32FN3O3. The summed E-state index contributed by atoms with van der Waals surface area (Å²) in [6.45, 7) is 2.07. The summed E-state index contributed by atoms with van der Waals surface area (Å²) >= 11 is 0. The van der Waals surface area contributed by atoms with Crippen molar-refractivity contribution >= 4 is 11.7 Å². The maximum absolute atomic E-state index is 14.1. The van der Waals surface area contributed by atoms with Crippen molar-refractivity contribution in [3.63, 3.8) is 0 Å². The molecule has 0 aromatic heterocycles. The third kappa shape index (κ3) is 5.52. The molecule has 3 atom stereocenters. The molecule has 2 N–H and O–H groups in total. The fraction of sp³-hybridized carbons (Fsp3) is 0.323. The number of hydrogen-bond donors (Lipinski definition) is 2. The van der Waals surface area contributed by atoms with Gasteiger partial charge in [0.05, 0.1) is 19.4 Å². The molecule has 2 aliphatic heterocycles. The highest BCUT2D eigenvalue weighted by atomic mass is 19.1. The van der Waals surface area contributed by atoms with E-state index in [1.54, 1.807) is 30.2 Å². The second kappa shape index (κ2) is 11.7. The van der Waals surface area contributed by atoms with Gasteiger partial charge in [-0.25, -0.2) is 9.18 Å². The van der Waals surface area contributed by atoms with Gasteiger partial charge in [0.25, 0.3) is 0 Å². The number of nitrogens with zero attached hydrogens (tertiary/aromatic N) is 2. The maximum atomic E-state index is 14.1. The van der Waals surface area contributed by atoms with Gasteiger partial charge in [0.15, 0.2) is 0 Å². The quantitative estimate of drug-likeness (QED) is 0.497. The second-order valence-electron chi connectivity index (χ2n) is 9.74. The molecule has 2 amide bonds. The molecule has 6 nitrogen and oxygen atoms in total. The number of aliphatic hydroxyl groups excluding tert-OH is 1. The van der Waals surface area contributed by atoms with Crippen LogP contribution >= 0.6 is 0 Å². The number of fused-ring (bicyclic) bond motifs is 1. The van der Waals surface area contributed by atoms with Crippen molar-refractivity contribution in [1.29, 1.82) is 0 Å². The van der Waals surface area contributed by atoms with E-state index < -0.39 is 5.82 Å². The Morgan fingerprint density at radius 2 is 1.66 bits per heavy atom. The van der Waals surface area contributed by atoms with Gasteiger partial charge < -0.3 is 20.1 Å². The van der Waals surface area contributed by atoms with E-state index in [-0.39, 0.29) is 36.3 Å². The van der Waals surface area contributed by atoms with Crippen molar-refractivity contribution in [2.24, 2.45) is 0 Å². The molecule has 0 bridgehead atoms. The van der Waals surface area contributed by atoms with Gasteiger partial charge in [0, 0.05) is 42.2 Å². The lowest BCUT2D eigenvalue weighted by atomic mass is 9.74. The molecule has 0 radical (unpaired) electrons. The van der Waals surface area contributed by atoms with Crippen molar-refractivity contribution in [2.75, 3.05) is 38.7 Å². The van der Waals surface area contributed by atoms with Crippen LogP contribution in [0.25, 0.3) is 0 Å². The summed E-state index contributed by atoms with van der Waals surface area (Å²) < 4.78 is 19.3. The number of methoxy groups -OCH3 is 1. The van der Waals surface area contributed by atoms with E-state index >= 15 is 0 Å². The summed E-state index contributed by atoms with van der Waals surface area (Å²) in [6, 6.07) is 21.8.